The molecular formula is C16H16N2O2. The number of anilines is 1. The Hall–Kier alpha value is -2.33. The summed E-state index contributed by atoms with van der Waals surface area (Å²) < 4.78 is 0. The van der Waals surface area contributed by atoms with Crippen LogP contribution in [-0.2, 0) is 17.8 Å². The highest BCUT2D eigenvalue weighted by Gasteiger charge is 2.23. The largest absolute Gasteiger partial charge is 0.508 e. The van der Waals surface area contributed by atoms with Gasteiger partial charge in [-0.1, -0.05) is 24.3 Å². The number of phenolic OH excluding ortho intramolecular Hbond substituents is 1. The van der Waals surface area contributed by atoms with Crippen molar-refractivity contribution in [3.8, 4) is 5.75 Å². The molecule has 4 nitrogen and oxygen atoms in total. The molecule has 1 heterocycles. The van der Waals surface area contributed by atoms with Crippen LogP contribution in [0.5, 0.6) is 5.75 Å². The van der Waals surface area contributed by atoms with E-state index in [1.54, 1.807) is 24.3 Å². The molecule has 1 aliphatic heterocycles. The molecule has 1 unspecified atom stereocenters. The van der Waals surface area contributed by atoms with Gasteiger partial charge < -0.3 is 15.7 Å². The summed E-state index contributed by atoms with van der Waals surface area (Å²) in [5.41, 5.74) is 3.16. The van der Waals surface area contributed by atoms with Gasteiger partial charge in [-0.2, -0.15) is 0 Å². The molecule has 1 amide bonds. The fraction of sp³-hybridized carbons (Fsp3) is 0.188. The van der Waals surface area contributed by atoms with Gasteiger partial charge in [-0.25, -0.2) is 0 Å². The Morgan fingerprint density at radius 1 is 1.10 bits per heavy atom. The van der Waals surface area contributed by atoms with Crippen molar-refractivity contribution in [2.75, 3.05) is 5.32 Å². The first-order valence-corrected chi connectivity index (χ1v) is 6.62. The number of fused-ring (bicyclic) bond motifs is 1. The van der Waals surface area contributed by atoms with Crippen LogP contribution in [0.2, 0.25) is 0 Å². The number of amides is 1. The van der Waals surface area contributed by atoms with Crippen molar-refractivity contribution in [1.29, 1.82) is 0 Å². The Kier molecular flexibility index (Phi) is 3.39. The zero-order valence-electron chi connectivity index (χ0n) is 11.0. The van der Waals surface area contributed by atoms with E-state index in [0.29, 0.717) is 18.7 Å². The third kappa shape index (κ3) is 2.65. The topological polar surface area (TPSA) is 61.4 Å². The van der Waals surface area contributed by atoms with Gasteiger partial charge in [0.2, 0.25) is 5.91 Å². The lowest BCUT2D eigenvalue weighted by Crippen LogP contribution is -2.44. The summed E-state index contributed by atoms with van der Waals surface area (Å²) in [4.78, 5) is 12.2. The summed E-state index contributed by atoms with van der Waals surface area (Å²) in [6, 6.07) is 14.4. The first-order valence-electron chi connectivity index (χ1n) is 6.62. The number of carbonyl (C=O) groups excluding carboxylic acids is 1. The highest BCUT2D eigenvalue weighted by molar-refractivity contribution is 5.95. The van der Waals surface area contributed by atoms with E-state index < -0.39 is 0 Å². The number of carbonyl (C=O) groups is 1. The molecule has 0 radical (unpaired) electrons. The second kappa shape index (κ2) is 5.35. The Bertz CT molecular complexity index is 623. The Morgan fingerprint density at radius 2 is 1.80 bits per heavy atom. The lowest BCUT2D eigenvalue weighted by atomic mass is 9.95. The third-order valence-electron chi connectivity index (χ3n) is 3.53. The maximum Gasteiger partial charge on any atom is 0.241 e. The van der Waals surface area contributed by atoms with Crippen molar-refractivity contribution in [3.63, 3.8) is 0 Å². The molecule has 102 valence electrons. The number of hydrogen-bond donors (Lipinski definition) is 3. The van der Waals surface area contributed by atoms with Crippen LogP contribution >= 0.6 is 0 Å². The van der Waals surface area contributed by atoms with E-state index in [-0.39, 0.29) is 17.7 Å². The van der Waals surface area contributed by atoms with Crippen LogP contribution in [0.3, 0.4) is 0 Å². The van der Waals surface area contributed by atoms with E-state index in [1.165, 1.54) is 11.1 Å². The highest BCUT2D eigenvalue weighted by atomic mass is 16.3. The molecule has 3 rings (SSSR count). The predicted octanol–water partition coefficient (Wildman–Crippen LogP) is 2.05. The third-order valence-corrected chi connectivity index (χ3v) is 3.53. The van der Waals surface area contributed by atoms with Gasteiger partial charge in [-0.15, -0.1) is 0 Å². The molecule has 1 atom stereocenters. The van der Waals surface area contributed by atoms with Gasteiger partial charge in [0, 0.05) is 12.2 Å². The van der Waals surface area contributed by atoms with E-state index in [9.17, 15) is 9.90 Å². The summed E-state index contributed by atoms with van der Waals surface area (Å²) in [5.74, 6) is 0.137. The highest BCUT2D eigenvalue weighted by Crippen LogP contribution is 2.18. The lowest BCUT2D eigenvalue weighted by Gasteiger charge is -2.25. The Balaban J connectivity index is 1.68. The summed E-state index contributed by atoms with van der Waals surface area (Å²) in [6.45, 7) is 0.712. The zero-order chi connectivity index (χ0) is 13.9. The molecule has 0 fully saturated rings. The molecule has 4 heteroatoms. The lowest BCUT2D eigenvalue weighted by molar-refractivity contribution is -0.118. The summed E-state index contributed by atoms with van der Waals surface area (Å²) in [5, 5.41) is 15.3. The predicted molar refractivity (Wildman–Crippen MR) is 77.5 cm³/mol. The molecule has 3 N–H and O–H groups in total. The summed E-state index contributed by atoms with van der Waals surface area (Å²) in [6.07, 6.45) is 0.695. The van der Waals surface area contributed by atoms with Crippen molar-refractivity contribution in [2.24, 2.45) is 0 Å². The van der Waals surface area contributed by atoms with Crippen molar-refractivity contribution >= 4 is 11.6 Å². The van der Waals surface area contributed by atoms with Gasteiger partial charge in [0.05, 0.1) is 6.04 Å². The standard InChI is InChI=1S/C16H16N2O2/c19-14-7-5-13(6-8-14)18-16(20)15-9-11-3-1-2-4-12(11)10-17-15/h1-8,15,17,19H,9-10H2,(H,18,20). The molecule has 1 aliphatic rings. The first-order chi connectivity index (χ1) is 9.72. The minimum Gasteiger partial charge on any atom is -0.508 e. The summed E-state index contributed by atoms with van der Waals surface area (Å²) in [7, 11) is 0. The van der Waals surface area contributed by atoms with Crippen molar-refractivity contribution in [2.45, 2.75) is 19.0 Å². The van der Waals surface area contributed by atoms with E-state index in [4.69, 9.17) is 0 Å². The first kappa shape index (κ1) is 12.7. The van der Waals surface area contributed by atoms with Crippen LogP contribution in [0, 0.1) is 0 Å². The molecule has 0 spiro atoms. The quantitative estimate of drug-likeness (QED) is 0.730. The maximum atomic E-state index is 12.2. The van der Waals surface area contributed by atoms with E-state index >= 15 is 0 Å². The van der Waals surface area contributed by atoms with Crippen molar-refractivity contribution in [3.05, 3.63) is 59.7 Å². The van der Waals surface area contributed by atoms with Gasteiger partial charge >= 0.3 is 0 Å². The molecule has 0 saturated heterocycles. The van der Waals surface area contributed by atoms with E-state index in [1.807, 2.05) is 12.1 Å². The number of benzene rings is 2. The van der Waals surface area contributed by atoms with Crippen LogP contribution in [0.15, 0.2) is 48.5 Å². The SMILES string of the molecule is O=C(Nc1ccc(O)cc1)C1Cc2ccccc2CN1. The van der Waals surface area contributed by atoms with Crippen LogP contribution in [0.1, 0.15) is 11.1 Å². The van der Waals surface area contributed by atoms with Gasteiger partial charge in [0.1, 0.15) is 5.75 Å². The molecule has 2 aromatic rings. The number of aromatic hydroxyl groups is 1. The zero-order valence-corrected chi connectivity index (χ0v) is 11.0. The Labute approximate surface area is 117 Å². The fourth-order valence-electron chi connectivity index (χ4n) is 2.41. The van der Waals surface area contributed by atoms with Gasteiger partial charge in [-0.05, 0) is 41.8 Å². The molecule has 0 aliphatic carbocycles. The number of phenols is 1. The van der Waals surface area contributed by atoms with Crippen LogP contribution in [-0.4, -0.2) is 17.1 Å². The minimum atomic E-state index is -0.223. The number of nitrogens with one attached hydrogen (secondary N) is 2. The molecule has 0 bridgehead atoms. The smallest absolute Gasteiger partial charge is 0.241 e. The second-order valence-electron chi connectivity index (χ2n) is 4.94. The van der Waals surface area contributed by atoms with Crippen LogP contribution < -0.4 is 10.6 Å². The molecule has 2 aromatic carbocycles. The average molecular weight is 268 g/mol. The fourth-order valence-corrected chi connectivity index (χ4v) is 2.41. The van der Waals surface area contributed by atoms with Gasteiger partial charge in [0.25, 0.3) is 0 Å². The Morgan fingerprint density at radius 3 is 2.55 bits per heavy atom. The van der Waals surface area contributed by atoms with E-state index in [0.717, 1.165) is 0 Å². The minimum absolute atomic E-state index is 0.0507. The average Bonchev–Trinajstić information content (AvgIpc) is 2.49. The molecule has 0 aromatic heterocycles. The second-order valence-corrected chi connectivity index (χ2v) is 4.94. The van der Waals surface area contributed by atoms with Crippen molar-refractivity contribution < 1.29 is 9.90 Å². The van der Waals surface area contributed by atoms with Gasteiger partial charge in [0.15, 0.2) is 0 Å². The molecule has 0 saturated carbocycles. The maximum absolute atomic E-state index is 12.2. The van der Waals surface area contributed by atoms with Crippen LogP contribution in [0.4, 0.5) is 5.69 Å². The number of rotatable bonds is 2. The summed E-state index contributed by atoms with van der Waals surface area (Å²) >= 11 is 0. The number of hydrogen-bond acceptors (Lipinski definition) is 3. The molecule has 20 heavy (non-hydrogen) atoms. The van der Waals surface area contributed by atoms with Gasteiger partial charge in [-0.3, -0.25) is 4.79 Å². The van der Waals surface area contributed by atoms with E-state index in [2.05, 4.69) is 22.8 Å². The van der Waals surface area contributed by atoms with Crippen LogP contribution in [0.25, 0.3) is 0 Å². The normalized spacial score (nSPS) is 17.3. The molecular weight excluding hydrogens is 252 g/mol. The monoisotopic (exact) mass is 268 g/mol. The van der Waals surface area contributed by atoms with Crippen molar-refractivity contribution in [1.82, 2.24) is 5.32 Å².